The van der Waals surface area contributed by atoms with Crippen LogP contribution in [0.15, 0.2) is 42.5 Å². The molecule has 0 saturated heterocycles. The third-order valence-corrected chi connectivity index (χ3v) is 5.42. The van der Waals surface area contributed by atoms with Crippen LogP contribution in [0.2, 0.25) is 0 Å². The van der Waals surface area contributed by atoms with Gasteiger partial charge in [-0.05, 0) is 57.4 Å². The number of hydrogen-bond acceptors (Lipinski definition) is 5. The molecule has 7 nitrogen and oxygen atoms in total. The van der Waals surface area contributed by atoms with Gasteiger partial charge in [0.25, 0.3) is 5.91 Å². The van der Waals surface area contributed by atoms with Gasteiger partial charge >= 0.3 is 6.09 Å². The van der Waals surface area contributed by atoms with E-state index in [0.29, 0.717) is 29.2 Å². The molecule has 0 radical (unpaired) electrons. The number of imide groups is 1. The topological polar surface area (TPSA) is 93.7 Å². The molecule has 1 heterocycles. The third kappa shape index (κ3) is 8.46. The van der Waals surface area contributed by atoms with Crippen molar-refractivity contribution in [3.63, 3.8) is 0 Å². The van der Waals surface area contributed by atoms with Gasteiger partial charge in [0.05, 0.1) is 17.5 Å². The predicted molar refractivity (Wildman–Crippen MR) is 138 cm³/mol. The molecular weight excluding hydrogens is 456 g/mol. The maximum absolute atomic E-state index is 12.4. The first-order valence-corrected chi connectivity index (χ1v) is 12.4. The second-order valence-electron chi connectivity index (χ2n) is 9.69. The number of carbonyl (C=O) groups excluding carboxylic acids is 3. The summed E-state index contributed by atoms with van der Waals surface area (Å²) in [6.45, 7) is 6.16. The zero-order valence-corrected chi connectivity index (χ0v) is 21.2. The van der Waals surface area contributed by atoms with Gasteiger partial charge in [0.15, 0.2) is 0 Å². The van der Waals surface area contributed by atoms with Crippen molar-refractivity contribution in [2.24, 2.45) is 0 Å². The molecule has 0 bridgehead atoms. The van der Waals surface area contributed by atoms with Gasteiger partial charge in [0.2, 0.25) is 5.91 Å². The van der Waals surface area contributed by atoms with Gasteiger partial charge in [-0.1, -0.05) is 55.4 Å². The number of carbonyl (C=O) groups is 3. The molecule has 190 valence electrons. The standard InChI is InChI=1S/C29H34N2O5/c1-29(2,3)36-28(34)30-19-12-8-6-4-5-7-9-14-21-15-10-11-17-23(21)35-24-18-13-16-22-20-25(32)31-27(33)26(22)24/h10-11,13,15-18H,4-8,12,19-20H2,1-3H3,(H,30,34)(H,31,32,33). The number of ether oxygens (including phenoxy) is 2. The van der Waals surface area contributed by atoms with Crippen LogP contribution in [-0.4, -0.2) is 30.1 Å². The lowest BCUT2D eigenvalue weighted by Gasteiger charge is -2.19. The zero-order chi connectivity index (χ0) is 26.0. The molecule has 3 rings (SSSR count). The second kappa shape index (κ2) is 12.8. The Morgan fingerprint density at radius 1 is 0.972 bits per heavy atom. The maximum Gasteiger partial charge on any atom is 0.407 e. The van der Waals surface area contributed by atoms with E-state index in [2.05, 4.69) is 22.5 Å². The molecule has 7 heteroatoms. The molecule has 1 aliphatic rings. The summed E-state index contributed by atoms with van der Waals surface area (Å²) in [7, 11) is 0. The summed E-state index contributed by atoms with van der Waals surface area (Å²) in [4.78, 5) is 35.6. The van der Waals surface area contributed by atoms with E-state index in [4.69, 9.17) is 9.47 Å². The Morgan fingerprint density at radius 2 is 1.69 bits per heavy atom. The predicted octanol–water partition coefficient (Wildman–Crippen LogP) is 5.51. The SMILES string of the molecule is CC(C)(C)OC(=O)NCCCCCCCC#Cc1ccccc1Oc1cccc2c1C(=O)NC(=O)C2. The fourth-order valence-corrected chi connectivity index (χ4v) is 3.78. The molecule has 0 aliphatic carbocycles. The number of hydrogen-bond donors (Lipinski definition) is 2. The van der Waals surface area contributed by atoms with Crippen molar-refractivity contribution in [1.29, 1.82) is 0 Å². The minimum absolute atomic E-state index is 0.153. The molecule has 1 aliphatic heterocycles. The summed E-state index contributed by atoms with van der Waals surface area (Å²) in [5.41, 5.74) is 1.32. The van der Waals surface area contributed by atoms with E-state index in [1.54, 1.807) is 18.2 Å². The Kier molecular flexibility index (Phi) is 9.52. The number of rotatable bonds is 9. The quantitative estimate of drug-likeness (QED) is 0.275. The third-order valence-electron chi connectivity index (χ3n) is 5.42. The van der Waals surface area contributed by atoms with E-state index in [-0.39, 0.29) is 18.4 Å². The minimum Gasteiger partial charge on any atom is -0.455 e. The van der Waals surface area contributed by atoms with Crippen LogP contribution < -0.4 is 15.4 Å². The second-order valence-corrected chi connectivity index (χ2v) is 9.69. The molecule has 2 aromatic rings. The Bertz CT molecular complexity index is 1150. The first-order valence-electron chi connectivity index (χ1n) is 12.4. The van der Waals surface area contributed by atoms with Crippen LogP contribution in [-0.2, 0) is 16.0 Å². The van der Waals surface area contributed by atoms with Crippen molar-refractivity contribution in [2.75, 3.05) is 6.54 Å². The van der Waals surface area contributed by atoms with Gasteiger partial charge in [-0.3, -0.25) is 14.9 Å². The summed E-state index contributed by atoms with van der Waals surface area (Å²) in [6, 6.07) is 12.7. The maximum atomic E-state index is 12.4. The molecule has 0 spiro atoms. The van der Waals surface area contributed by atoms with Crippen molar-refractivity contribution in [1.82, 2.24) is 10.6 Å². The highest BCUT2D eigenvalue weighted by Crippen LogP contribution is 2.31. The summed E-state index contributed by atoms with van der Waals surface area (Å²) in [5.74, 6) is 6.62. The van der Waals surface area contributed by atoms with Crippen LogP contribution in [0.5, 0.6) is 11.5 Å². The minimum atomic E-state index is -0.475. The molecular formula is C29H34N2O5. The van der Waals surface area contributed by atoms with Crippen LogP contribution >= 0.6 is 0 Å². The number of para-hydroxylation sites is 1. The molecule has 0 aromatic heterocycles. The van der Waals surface area contributed by atoms with E-state index in [0.717, 1.165) is 44.1 Å². The van der Waals surface area contributed by atoms with E-state index >= 15 is 0 Å². The van der Waals surface area contributed by atoms with Crippen molar-refractivity contribution in [3.05, 3.63) is 59.2 Å². The fraction of sp³-hybridized carbons (Fsp3) is 0.414. The highest BCUT2D eigenvalue weighted by atomic mass is 16.6. The molecule has 0 saturated carbocycles. The van der Waals surface area contributed by atoms with Crippen LogP contribution in [0, 0.1) is 11.8 Å². The Balaban J connectivity index is 1.43. The Labute approximate surface area is 212 Å². The molecule has 0 fully saturated rings. The molecule has 0 atom stereocenters. The smallest absolute Gasteiger partial charge is 0.407 e. The van der Waals surface area contributed by atoms with Crippen molar-refractivity contribution in [3.8, 4) is 23.3 Å². The zero-order valence-electron chi connectivity index (χ0n) is 21.2. The van der Waals surface area contributed by atoms with E-state index in [9.17, 15) is 14.4 Å². The molecule has 0 unspecified atom stereocenters. The van der Waals surface area contributed by atoms with Crippen LogP contribution in [0.4, 0.5) is 4.79 Å². The Morgan fingerprint density at radius 3 is 2.50 bits per heavy atom. The van der Waals surface area contributed by atoms with Crippen molar-refractivity contribution in [2.45, 2.75) is 71.3 Å². The Hall–Kier alpha value is -3.79. The highest BCUT2D eigenvalue weighted by Gasteiger charge is 2.26. The number of benzene rings is 2. The van der Waals surface area contributed by atoms with Crippen LogP contribution in [0.25, 0.3) is 0 Å². The van der Waals surface area contributed by atoms with Gasteiger partial charge < -0.3 is 14.8 Å². The molecule has 2 aromatic carbocycles. The molecule has 36 heavy (non-hydrogen) atoms. The van der Waals surface area contributed by atoms with Crippen LogP contribution in [0.3, 0.4) is 0 Å². The highest BCUT2D eigenvalue weighted by molar-refractivity contribution is 6.11. The largest absolute Gasteiger partial charge is 0.455 e. The lowest BCUT2D eigenvalue weighted by molar-refractivity contribution is -0.119. The normalized spacial score (nSPS) is 12.6. The van der Waals surface area contributed by atoms with Gasteiger partial charge in [0, 0.05) is 13.0 Å². The number of amides is 3. The van der Waals surface area contributed by atoms with E-state index < -0.39 is 11.5 Å². The molecule has 2 N–H and O–H groups in total. The number of alkyl carbamates (subject to hydrolysis) is 1. The summed E-state index contributed by atoms with van der Waals surface area (Å²) in [5, 5.41) is 5.13. The van der Waals surface area contributed by atoms with Crippen LogP contribution in [0.1, 0.15) is 80.8 Å². The monoisotopic (exact) mass is 490 g/mol. The van der Waals surface area contributed by atoms with Gasteiger partial charge in [0.1, 0.15) is 17.1 Å². The first kappa shape index (κ1) is 26.8. The fourth-order valence-electron chi connectivity index (χ4n) is 3.78. The lowest BCUT2D eigenvalue weighted by Crippen LogP contribution is -2.37. The first-order chi connectivity index (χ1) is 17.2. The molecule has 3 amide bonds. The average Bonchev–Trinajstić information content (AvgIpc) is 2.80. The summed E-state index contributed by atoms with van der Waals surface area (Å²) < 4.78 is 11.3. The van der Waals surface area contributed by atoms with Gasteiger partial charge in [-0.2, -0.15) is 0 Å². The van der Waals surface area contributed by atoms with E-state index in [1.165, 1.54) is 0 Å². The van der Waals surface area contributed by atoms with Gasteiger partial charge in [-0.15, -0.1) is 0 Å². The number of nitrogens with one attached hydrogen (secondary N) is 2. The number of unbranched alkanes of at least 4 members (excludes halogenated alkanes) is 5. The summed E-state index contributed by atoms with van der Waals surface area (Å²) >= 11 is 0. The lowest BCUT2D eigenvalue weighted by atomic mass is 9.99. The van der Waals surface area contributed by atoms with Crippen molar-refractivity contribution >= 4 is 17.9 Å². The summed E-state index contributed by atoms with van der Waals surface area (Å²) in [6.07, 6.45) is 5.68. The average molecular weight is 491 g/mol. The van der Waals surface area contributed by atoms with E-state index in [1.807, 2.05) is 45.0 Å². The number of fused-ring (bicyclic) bond motifs is 1. The van der Waals surface area contributed by atoms with Crippen molar-refractivity contribution < 1.29 is 23.9 Å². The van der Waals surface area contributed by atoms with Gasteiger partial charge in [-0.25, -0.2) is 4.79 Å².